The van der Waals surface area contributed by atoms with Gasteiger partial charge in [-0.15, -0.1) is 0 Å². The Morgan fingerprint density at radius 2 is 2.06 bits per heavy atom. The highest BCUT2D eigenvalue weighted by molar-refractivity contribution is 5.95. The molecular formula is C12H18N4O2. The Morgan fingerprint density at radius 1 is 1.44 bits per heavy atom. The fourth-order valence-electron chi connectivity index (χ4n) is 1.93. The Balaban J connectivity index is 2.85. The predicted molar refractivity (Wildman–Crippen MR) is 65.5 cm³/mol. The first kappa shape index (κ1) is 14.2. The number of carbonyl (C=O) groups excluding carboxylic acids is 1. The van der Waals surface area contributed by atoms with Gasteiger partial charge in [-0.05, 0) is 19.8 Å². The van der Waals surface area contributed by atoms with Gasteiger partial charge in [0.2, 0.25) is 5.91 Å². The van der Waals surface area contributed by atoms with E-state index in [2.05, 4.69) is 21.5 Å². The summed E-state index contributed by atoms with van der Waals surface area (Å²) >= 11 is 0. The highest BCUT2D eigenvalue weighted by Gasteiger charge is 2.37. The van der Waals surface area contributed by atoms with E-state index in [1.54, 1.807) is 6.92 Å². The van der Waals surface area contributed by atoms with Gasteiger partial charge in [-0.3, -0.25) is 10.1 Å². The zero-order valence-corrected chi connectivity index (χ0v) is 11.0. The van der Waals surface area contributed by atoms with Crippen molar-refractivity contribution in [2.75, 3.05) is 5.32 Å². The Bertz CT molecular complexity index is 441. The van der Waals surface area contributed by atoms with Crippen molar-refractivity contribution in [3.05, 3.63) is 5.82 Å². The Kier molecular flexibility index (Phi) is 4.84. The van der Waals surface area contributed by atoms with E-state index < -0.39 is 5.41 Å². The fourth-order valence-corrected chi connectivity index (χ4v) is 1.93. The van der Waals surface area contributed by atoms with Crippen LogP contribution in [0.4, 0.5) is 6.01 Å². The highest BCUT2D eigenvalue weighted by atomic mass is 16.5. The van der Waals surface area contributed by atoms with Crippen molar-refractivity contribution >= 4 is 11.9 Å². The average molecular weight is 250 g/mol. The molecule has 0 spiro atoms. The lowest BCUT2D eigenvalue weighted by atomic mass is 9.80. The summed E-state index contributed by atoms with van der Waals surface area (Å²) in [5, 5.41) is 15.4. The molecule has 1 N–H and O–H groups in total. The lowest BCUT2D eigenvalue weighted by Gasteiger charge is -2.23. The minimum atomic E-state index is -1.01. The number of rotatable bonds is 6. The van der Waals surface area contributed by atoms with E-state index in [4.69, 9.17) is 4.52 Å². The predicted octanol–water partition coefficient (Wildman–Crippen LogP) is 2.43. The van der Waals surface area contributed by atoms with Gasteiger partial charge in [0.05, 0.1) is 6.07 Å². The molecular weight excluding hydrogens is 232 g/mol. The second-order valence-corrected chi connectivity index (χ2v) is 4.29. The van der Waals surface area contributed by atoms with E-state index in [1.165, 1.54) is 0 Å². The molecule has 1 rings (SSSR count). The maximum absolute atomic E-state index is 12.2. The summed E-state index contributed by atoms with van der Waals surface area (Å²) in [4.78, 5) is 16.1. The topological polar surface area (TPSA) is 91.8 Å². The maximum Gasteiger partial charge on any atom is 0.328 e. The van der Waals surface area contributed by atoms with Gasteiger partial charge in [-0.25, -0.2) is 0 Å². The number of aryl methyl sites for hydroxylation is 1. The number of anilines is 1. The summed E-state index contributed by atoms with van der Waals surface area (Å²) in [5.41, 5.74) is -1.01. The minimum absolute atomic E-state index is 0.0457. The molecule has 18 heavy (non-hydrogen) atoms. The molecule has 1 aromatic heterocycles. The van der Waals surface area contributed by atoms with Gasteiger partial charge < -0.3 is 4.52 Å². The van der Waals surface area contributed by atoms with Crippen LogP contribution in [0.5, 0.6) is 0 Å². The Morgan fingerprint density at radius 3 is 2.44 bits per heavy atom. The first-order valence-electron chi connectivity index (χ1n) is 6.11. The zero-order valence-electron chi connectivity index (χ0n) is 11.0. The van der Waals surface area contributed by atoms with Gasteiger partial charge in [0, 0.05) is 0 Å². The van der Waals surface area contributed by atoms with E-state index in [0.717, 1.165) is 12.8 Å². The van der Waals surface area contributed by atoms with E-state index in [9.17, 15) is 10.1 Å². The molecule has 0 aliphatic heterocycles. The molecule has 0 aliphatic carbocycles. The summed E-state index contributed by atoms with van der Waals surface area (Å²) in [5.74, 6) is 0.0798. The molecule has 0 atom stereocenters. The number of nitriles is 1. The van der Waals surface area contributed by atoms with Crippen LogP contribution in [0.25, 0.3) is 0 Å². The van der Waals surface area contributed by atoms with E-state index in [-0.39, 0.29) is 11.9 Å². The minimum Gasteiger partial charge on any atom is -0.315 e. The van der Waals surface area contributed by atoms with Crippen LogP contribution in [0.2, 0.25) is 0 Å². The van der Waals surface area contributed by atoms with Gasteiger partial charge in [0.1, 0.15) is 5.41 Å². The normalized spacial score (nSPS) is 11.0. The molecule has 1 heterocycles. The van der Waals surface area contributed by atoms with E-state index >= 15 is 0 Å². The largest absolute Gasteiger partial charge is 0.328 e. The molecule has 0 saturated carbocycles. The molecule has 6 heteroatoms. The number of amides is 1. The number of hydrogen-bond acceptors (Lipinski definition) is 5. The molecule has 1 amide bonds. The van der Waals surface area contributed by atoms with Gasteiger partial charge >= 0.3 is 6.01 Å². The summed E-state index contributed by atoms with van der Waals surface area (Å²) in [6, 6.07) is 2.19. The number of nitrogens with one attached hydrogen (secondary N) is 1. The van der Waals surface area contributed by atoms with Crippen molar-refractivity contribution in [3.8, 4) is 6.07 Å². The van der Waals surface area contributed by atoms with Crippen LogP contribution in [-0.4, -0.2) is 16.0 Å². The van der Waals surface area contributed by atoms with Gasteiger partial charge in [-0.2, -0.15) is 10.2 Å². The lowest BCUT2D eigenvalue weighted by molar-refractivity contribution is -0.123. The molecule has 98 valence electrons. The van der Waals surface area contributed by atoms with Crippen LogP contribution >= 0.6 is 0 Å². The zero-order chi connectivity index (χ0) is 13.6. The first-order chi connectivity index (χ1) is 8.57. The van der Waals surface area contributed by atoms with Crippen molar-refractivity contribution in [1.29, 1.82) is 5.26 Å². The van der Waals surface area contributed by atoms with Crippen molar-refractivity contribution in [3.63, 3.8) is 0 Å². The molecule has 0 aliphatic rings. The second-order valence-electron chi connectivity index (χ2n) is 4.29. The summed E-state index contributed by atoms with van der Waals surface area (Å²) in [7, 11) is 0. The molecule has 0 saturated heterocycles. The fraction of sp³-hybridized carbons (Fsp3) is 0.667. The van der Waals surface area contributed by atoms with Gasteiger partial charge in [0.15, 0.2) is 5.82 Å². The molecule has 6 nitrogen and oxygen atoms in total. The number of aromatic nitrogens is 2. The summed E-state index contributed by atoms with van der Waals surface area (Å²) in [6.07, 6.45) is 2.58. The smallest absolute Gasteiger partial charge is 0.315 e. The second kappa shape index (κ2) is 6.15. The number of carbonyl (C=O) groups is 1. The van der Waals surface area contributed by atoms with Crippen LogP contribution in [0.3, 0.4) is 0 Å². The van der Waals surface area contributed by atoms with Gasteiger partial charge in [0.25, 0.3) is 0 Å². The third kappa shape index (κ3) is 3.06. The standard InChI is InChI=1S/C12H18N4O2/c1-4-6-12(8-13,7-5-2)10(17)15-11-14-9(3)16-18-11/h4-7H2,1-3H3,(H,14,15,16,17). The van der Waals surface area contributed by atoms with Crippen LogP contribution in [0.1, 0.15) is 45.4 Å². The summed E-state index contributed by atoms with van der Waals surface area (Å²) in [6.45, 7) is 5.56. The molecule has 0 unspecified atom stereocenters. The summed E-state index contributed by atoms with van der Waals surface area (Å²) < 4.78 is 4.83. The van der Waals surface area contributed by atoms with Crippen LogP contribution < -0.4 is 5.32 Å². The third-order valence-electron chi connectivity index (χ3n) is 2.75. The maximum atomic E-state index is 12.2. The van der Waals surface area contributed by atoms with Crippen LogP contribution in [-0.2, 0) is 4.79 Å². The van der Waals surface area contributed by atoms with Crippen LogP contribution in [0, 0.1) is 23.7 Å². The SMILES string of the molecule is CCCC(C#N)(CCC)C(=O)Nc1nc(C)no1. The molecule has 0 fully saturated rings. The van der Waals surface area contributed by atoms with E-state index in [1.807, 2.05) is 13.8 Å². The van der Waals surface area contributed by atoms with Crippen molar-refractivity contribution in [2.24, 2.45) is 5.41 Å². The number of nitrogens with zero attached hydrogens (tertiary/aromatic N) is 3. The van der Waals surface area contributed by atoms with E-state index in [0.29, 0.717) is 18.7 Å². The van der Waals surface area contributed by atoms with Crippen LogP contribution in [0.15, 0.2) is 4.52 Å². The highest BCUT2D eigenvalue weighted by Crippen LogP contribution is 2.30. The Labute approximate surface area is 106 Å². The third-order valence-corrected chi connectivity index (χ3v) is 2.75. The van der Waals surface area contributed by atoms with Crippen molar-refractivity contribution in [2.45, 2.75) is 46.5 Å². The number of hydrogen-bond donors (Lipinski definition) is 1. The molecule has 0 aromatic carbocycles. The molecule has 1 aromatic rings. The monoisotopic (exact) mass is 250 g/mol. The quantitative estimate of drug-likeness (QED) is 0.837. The van der Waals surface area contributed by atoms with Gasteiger partial charge in [-0.1, -0.05) is 31.8 Å². The Hall–Kier alpha value is -1.90. The average Bonchev–Trinajstić information content (AvgIpc) is 2.74. The van der Waals surface area contributed by atoms with Crippen molar-refractivity contribution in [1.82, 2.24) is 10.1 Å². The molecule has 0 bridgehead atoms. The molecule has 0 radical (unpaired) electrons. The first-order valence-corrected chi connectivity index (χ1v) is 6.11. The van der Waals surface area contributed by atoms with Crippen molar-refractivity contribution < 1.29 is 9.32 Å². The lowest BCUT2D eigenvalue weighted by Crippen LogP contribution is -2.35.